The molecule has 0 aromatic rings. The number of carboxylic acid groups (broad SMARTS) is 1. The maximum atomic E-state index is 11.5. The first kappa shape index (κ1) is 14.5. The van der Waals surface area contributed by atoms with Crippen LogP contribution in [0.15, 0.2) is 0 Å². The Bertz CT molecular complexity index is 328. The van der Waals surface area contributed by atoms with Crippen LogP contribution in [0, 0.1) is 5.92 Å². The SMILES string of the molecule is CCOC(=O)CCC(=O)NC1CCC(C(=O)O)C1. The first-order chi connectivity index (χ1) is 8.52. The lowest BCUT2D eigenvalue weighted by Gasteiger charge is -2.12. The van der Waals surface area contributed by atoms with Gasteiger partial charge in [-0.05, 0) is 26.2 Å². The fourth-order valence-electron chi connectivity index (χ4n) is 2.09. The van der Waals surface area contributed by atoms with E-state index < -0.39 is 5.97 Å². The average molecular weight is 257 g/mol. The second-order valence-corrected chi connectivity index (χ2v) is 4.42. The van der Waals surface area contributed by atoms with Crippen LogP contribution < -0.4 is 5.32 Å². The van der Waals surface area contributed by atoms with E-state index in [0.29, 0.717) is 25.9 Å². The molecule has 2 atom stereocenters. The first-order valence-corrected chi connectivity index (χ1v) is 6.20. The quantitative estimate of drug-likeness (QED) is 0.683. The largest absolute Gasteiger partial charge is 0.481 e. The van der Waals surface area contributed by atoms with Crippen molar-refractivity contribution >= 4 is 17.8 Å². The zero-order valence-electron chi connectivity index (χ0n) is 10.5. The van der Waals surface area contributed by atoms with Gasteiger partial charge in [0.15, 0.2) is 0 Å². The van der Waals surface area contributed by atoms with Gasteiger partial charge in [0.1, 0.15) is 0 Å². The highest BCUT2D eigenvalue weighted by Gasteiger charge is 2.30. The van der Waals surface area contributed by atoms with E-state index in [1.165, 1.54) is 0 Å². The summed E-state index contributed by atoms with van der Waals surface area (Å²) in [6, 6.07) is -0.0826. The Morgan fingerprint density at radius 1 is 1.28 bits per heavy atom. The minimum absolute atomic E-state index is 0.0642. The number of rotatable bonds is 6. The topological polar surface area (TPSA) is 92.7 Å². The van der Waals surface area contributed by atoms with Gasteiger partial charge >= 0.3 is 11.9 Å². The number of carbonyl (C=O) groups is 3. The molecule has 0 heterocycles. The van der Waals surface area contributed by atoms with Crippen LogP contribution in [0.4, 0.5) is 0 Å². The van der Waals surface area contributed by atoms with Crippen molar-refractivity contribution in [2.45, 2.75) is 45.1 Å². The molecule has 1 saturated carbocycles. The Morgan fingerprint density at radius 3 is 2.56 bits per heavy atom. The third kappa shape index (κ3) is 4.73. The fourth-order valence-corrected chi connectivity index (χ4v) is 2.09. The molecule has 1 fully saturated rings. The van der Waals surface area contributed by atoms with E-state index in [0.717, 1.165) is 0 Å². The van der Waals surface area contributed by atoms with Crippen molar-refractivity contribution < 1.29 is 24.2 Å². The van der Waals surface area contributed by atoms with Crippen LogP contribution in [0.25, 0.3) is 0 Å². The van der Waals surface area contributed by atoms with Gasteiger partial charge in [0.05, 0.1) is 18.9 Å². The lowest BCUT2D eigenvalue weighted by atomic mass is 10.1. The minimum Gasteiger partial charge on any atom is -0.481 e. The number of carbonyl (C=O) groups excluding carboxylic acids is 2. The van der Waals surface area contributed by atoms with Crippen molar-refractivity contribution in [1.82, 2.24) is 5.32 Å². The van der Waals surface area contributed by atoms with E-state index in [2.05, 4.69) is 5.32 Å². The van der Waals surface area contributed by atoms with Gasteiger partial charge in [0.2, 0.25) is 5.91 Å². The molecule has 1 amide bonds. The Morgan fingerprint density at radius 2 is 2.00 bits per heavy atom. The van der Waals surface area contributed by atoms with Gasteiger partial charge in [-0.1, -0.05) is 0 Å². The maximum absolute atomic E-state index is 11.5. The molecule has 2 unspecified atom stereocenters. The Balaban J connectivity index is 2.21. The number of aliphatic carboxylic acids is 1. The number of esters is 1. The molecular weight excluding hydrogens is 238 g/mol. The summed E-state index contributed by atoms with van der Waals surface area (Å²) < 4.78 is 4.71. The summed E-state index contributed by atoms with van der Waals surface area (Å²) in [5.41, 5.74) is 0. The monoisotopic (exact) mass is 257 g/mol. The fraction of sp³-hybridized carbons (Fsp3) is 0.750. The van der Waals surface area contributed by atoms with Crippen LogP contribution >= 0.6 is 0 Å². The molecule has 6 nitrogen and oxygen atoms in total. The van der Waals surface area contributed by atoms with E-state index in [-0.39, 0.29) is 36.7 Å². The summed E-state index contributed by atoms with van der Waals surface area (Å²) in [6.07, 6.45) is 1.91. The third-order valence-corrected chi connectivity index (χ3v) is 3.01. The van der Waals surface area contributed by atoms with Crippen LogP contribution in [-0.4, -0.2) is 35.6 Å². The minimum atomic E-state index is -0.807. The summed E-state index contributed by atoms with van der Waals surface area (Å²) in [6.45, 7) is 2.02. The van der Waals surface area contributed by atoms with Crippen LogP contribution in [0.3, 0.4) is 0 Å². The van der Waals surface area contributed by atoms with Gasteiger partial charge in [-0.25, -0.2) is 0 Å². The predicted octanol–water partition coefficient (Wildman–Crippen LogP) is 0.699. The molecule has 0 spiro atoms. The maximum Gasteiger partial charge on any atom is 0.306 e. The molecule has 0 radical (unpaired) electrons. The van der Waals surface area contributed by atoms with Crippen LogP contribution in [-0.2, 0) is 19.1 Å². The highest BCUT2D eigenvalue weighted by atomic mass is 16.5. The number of ether oxygens (including phenoxy) is 1. The van der Waals surface area contributed by atoms with Crippen molar-refractivity contribution in [1.29, 1.82) is 0 Å². The first-order valence-electron chi connectivity index (χ1n) is 6.20. The Labute approximate surface area is 106 Å². The Kier molecular flexibility index (Phi) is 5.61. The normalized spacial score (nSPS) is 22.5. The van der Waals surface area contributed by atoms with Crippen LogP contribution in [0.5, 0.6) is 0 Å². The molecule has 0 aromatic heterocycles. The number of amides is 1. The molecule has 1 aliphatic rings. The van der Waals surface area contributed by atoms with Gasteiger partial charge < -0.3 is 15.2 Å². The van der Waals surface area contributed by atoms with Crippen LogP contribution in [0.2, 0.25) is 0 Å². The standard InChI is InChI=1S/C12H19NO5/c1-2-18-11(15)6-5-10(14)13-9-4-3-8(7-9)12(16)17/h8-9H,2-7H2,1H3,(H,13,14)(H,16,17). The van der Waals surface area contributed by atoms with E-state index >= 15 is 0 Å². The van der Waals surface area contributed by atoms with Crippen LogP contribution in [0.1, 0.15) is 39.0 Å². The summed E-state index contributed by atoms with van der Waals surface area (Å²) in [4.78, 5) is 33.3. The average Bonchev–Trinajstić information content (AvgIpc) is 2.75. The number of hydrogen-bond acceptors (Lipinski definition) is 4. The molecule has 1 aliphatic carbocycles. The zero-order valence-corrected chi connectivity index (χ0v) is 10.5. The summed E-state index contributed by atoms with van der Waals surface area (Å²) in [5, 5.41) is 11.6. The number of carboxylic acids is 1. The van der Waals surface area contributed by atoms with Crippen molar-refractivity contribution in [2.24, 2.45) is 5.92 Å². The predicted molar refractivity (Wildman–Crippen MR) is 62.8 cm³/mol. The molecule has 0 aliphatic heterocycles. The second kappa shape index (κ2) is 6.98. The number of nitrogens with one attached hydrogen (secondary N) is 1. The lowest BCUT2D eigenvalue weighted by Crippen LogP contribution is -2.33. The zero-order chi connectivity index (χ0) is 13.5. The molecule has 6 heteroatoms. The van der Waals surface area contributed by atoms with Gasteiger partial charge in [-0.3, -0.25) is 14.4 Å². The van der Waals surface area contributed by atoms with Crippen molar-refractivity contribution in [2.75, 3.05) is 6.61 Å². The Hall–Kier alpha value is -1.59. The van der Waals surface area contributed by atoms with Crippen molar-refractivity contribution in [3.05, 3.63) is 0 Å². The molecule has 18 heavy (non-hydrogen) atoms. The van der Waals surface area contributed by atoms with Gasteiger partial charge in [-0.2, -0.15) is 0 Å². The second-order valence-electron chi connectivity index (χ2n) is 4.42. The smallest absolute Gasteiger partial charge is 0.306 e. The van der Waals surface area contributed by atoms with E-state index in [4.69, 9.17) is 9.84 Å². The summed E-state index contributed by atoms with van der Waals surface area (Å²) in [5.74, 6) is -1.78. The van der Waals surface area contributed by atoms with E-state index in [1.54, 1.807) is 6.92 Å². The van der Waals surface area contributed by atoms with Gasteiger partial charge in [0, 0.05) is 12.5 Å². The van der Waals surface area contributed by atoms with E-state index in [1.807, 2.05) is 0 Å². The van der Waals surface area contributed by atoms with Crippen molar-refractivity contribution in [3.8, 4) is 0 Å². The van der Waals surface area contributed by atoms with Gasteiger partial charge in [0.25, 0.3) is 0 Å². The molecule has 0 saturated heterocycles. The van der Waals surface area contributed by atoms with Crippen molar-refractivity contribution in [3.63, 3.8) is 0 Å². The molecule has 1 rings (SSSR count). The summed E-state index contributed by atoms with van der Waals surface area (Å²) in [7, 11) is 0. The van der Waals surface area contributed by atoms with E-state index in [9.17, 15) is 14.4 Å². The summed E-state index contributed by atoms with van der Waals surface area (Å²) >= 11 is 0. The molecule has 0 aromatic carbocycles. The number of hydrogen-bond donors (Lipinski definition) is 2. The molecule has 2 N–H and O–H groups in total. The molecule has 102 valence electrons. The van der Waals surface area contributed by atoms with Gasteiger partial charge in [-0.15, -0.1) is 0 Å². The third-order valence-electron chi connectivity index (χ3n) is 3.01. The highest BCUT2D eigenvalue weighted by Crippen LogP contribution is 2.25. The molecule has 0 bridgehead atoms. The molecular formula is C12H19NO5. The highest BCUT2D eigenvalue weighted by molar-refractivity contribution is 5.81. The lowest BCUT2D eigenvalue weighted by molar-refractivity contribution is -0.144.